The van der Waals surface area contributed by atoms with Crippen molar-refractivity contribution >= 4 is 17.9 Å². The number of hydrogen-bond acceptors (Lipinski definition) is 3. The van der Waals surface area contributed by atoms with Crippen LogP contribution < -0.4 is 5.32 Å². The molecule has 1 atom stereocenters. The van der Waals surface area contributed by atoms with Gasteiger partial charge in [0.05, 0.1) is 6.54 Å². The molecule has 1 aliphatic heterocycles. The largest absolute Gasteiger partial charge is 0.444 e. The number of cyclic esters (lactones) is 1. The highest BCUT2D eigenvalue weighted by molar-refractivity contribution is 7.99. The van der Waals surface area contributed by atoms with E-state index in [0.29, 0.717) is 6.54 Å². The second kappa shape index (κ2) is 3.56. The molecule has 1 heterocycles. The van der Waals surface area contributed by atoms with Crippen molar-refractivity contribution in [3.8, 4) is 0 Å². The molecule has 1 N–H and O–H groups in total. The summed E-state index contributed by atoms with van der Waals surface area (Å²) in [5.41, 5.74) is 0. The summed E-state index contributed by atoms with van der Waals surface area (Å²) < 4.78 is 5.23. The Kier molecular flexibility index (Phi) is 2.88. The van der Waals surface area contributed by atoms with Gasteiger partial charge in [-0.25, -0.2) is 4.79 Å². The van der Waals surface area contributed by atoms with E-state index in [4.69, 9.17) is 4.74 Å². The number of rotatable bonds is 3. The number of thioether (sulfide) groups is 1. The van der Waals surface area contributed by atoms with E-state index in [0.717, 1.165) is 6.42 Å². The number of alkyl carbamates (subject to hydrolysis) is 1. The molecule has 0 aromatic rings. The van der Waals surface area contributed by atoms with Crippen molar-refractivity contribution in [2.45, 2.75) is 31.1 Å². The normalized spacial score (nSPS) is 23.6. The molecule has 70 valence electrons. The molecule has 1 rings (SSSR count). The molecule has 0 spiro atoms. The first-order chi connectivity index (χ1) is 5.53. The van der Waals surface area contributed by atoms with Gasteiger partial charge in [-0.05, 0) is 6.26 Å². The van der Waals surface area contributed by atoms with Crippen molar-refractivity contribution in [1.82, 2.24) is 5.32 Å². The molecule has 0 aliphatic carbocycles. The molecule has 1 unspecified atom stereocenters. The van der Waals surface area contributed by atoms with E-state index < -0.39 is 0 Å². The Balaban J connectivity index is 2.36. The van der Waals surface area contributed by atoms with Gasteiger partial charge in [-0.15, -0.1) is 0 Å². The number of nitrogens with one attached hydrogen (secondary N) is 1. The van der Waals surface area contributed by atoms with Crippen LogP contribution in [0.2, 0.25) is 0 Å². The molecular formula is C8H15NO2S. The fraction of sp³-hybridized carbons (Fsp3) is 0.875. The summed E-state index contributed by atoms with van der Waals surface area (Å²) in [6, 6.07) is 0. The Bertz CT molecular complexity index is 182. The Morgan fingerprint density at radius 3 is 2.83 bits per heavy atom. The molecule has 0 bridgehead atoms. The van der Waals surface area contributed by atoms with Crippen molar-refractivity contribution in [1.29, 1.82) is 0 Å². The minimum absolute atomic E-state index is 0.0555. The lowest BCUT2D eigenvalue weighted by Crippen LogP contribution is -2.25. The lowest BCUT2D eigenvalue weighted by Gasteiger charge is -2.24. The van der Waals surface area contributed by atoms with Crippen LogP contribution in [0.5, 0.6) is 0 Å². The molecule has 1 aliphatic rings. The van der Waals surface area contributed by atoms with Crippen LogP contribution in [0.15, 0.2) is 0 Å². The summed E-state index contributed by atoms with van der Waals surface area (Å²) in [7, 11) is 0. The first-order valence-corrected chi connectivity index (χ1v) is 5.25. The van der Waals surface area contributed by atoms with Crippen LogP contribution in [0, 0.1) is 0 Å². The topological polar surface area (TPSA) is 38.3 Å². The summed E-state index contributed by atoms with van der Waals surface area (Å²) in [6.07, 6.45) is 2.76. The van der Waals surface area contributed by atoms with Crippen LogP contribution in [-0.2, 0) is 4.74 Å². The monoisotopic (exact) mass is 189 g/mol. The van der Waals surface area contributed by atoms with Gasteiger partial charge in [-0.2, -0.15) is 11.8 Å². The molecule has 1 fully saturated rings. The minimum atomic E-state index is -0.281. The minimum Gasteiger partial charge on any atom is -0.444 e. The highest BCUT2D eigenvalue weighted by Gasteiger charge is 2.29. The highest BCUT2D eigenvalue weighted by Crippen LogP contribution is 2.28. The highest BCUT2D eigenvalue weighted by atomic mass is 32.2. The van der Waals surface area contributed by atoms with Gasteiger partial charge in [-0.3, -0.25) is 0 Å². The third kappa shape index (κ3) is 2.59. The molecule has 4 heteroatoms. The maximum absolute atomic E-state index is 10.7. The predicted octanol–water partition coefficient (Wildman–Crippen LogP) is 1.63. The fourth-order valence-corrected chi connectivity index (χ4v) is 1.53. The van der Waals surface area contributed by atoms with Gasteiger partial charge in [-0.1, -0.05) is 13.8 Å². The van der Waals surface area contributed by atoms with E-state index in [9.17, 15) is 4.79 Å². The number of carbonyl (C=O) groups excluding carboxylic acids is 1. The number of hydrogen-bond donors (Lipinski definition) is 1. The van der Waals surface area contributed by atoms with Crippen LogP contribution in [0.3, 0.4) is 0 Å². The number of amides is 1. The lowest BCUT2D eigenvalue weighted by atomic mass is 10.1. The average molecular weight is 189 g/mol. The van der Waals surface area contributed by atoms with Gasteiger partial charge in [0.25, 0.3) is 0 Å². The van der Waals surface area contributed by atoms with Crippen LogP contribution >= 0.6 is 11.8 Å². The smallest absolute Gasteiger partial charge is 0.407 e. The second-order valence-corrected chi connectivity index (χ2v) is 5.09. The first-order valence-electron chi connectivity index (χ1n) is 4.03. The van der Waals surface area contributed by atoms with Gasteiger partial charge >= 0.3 is 6.09 Å². The lowest BCUT2D eigenvalue weighted by molar-refractivity contribution is 0.131. The Morgan fingerprint density at radius 1 is 1.75 bits per heavy atom. The zero-order valence-corrected chi connectivity index (χ0v) is 8.53. The maximum Gasteiger partial charge on any atom is 0.407 e. The van der Waals surface area contributed by atoms with Gasteiger partial charge in [0.15, 0.2) is 0 Å². The van der Waals surface area contributed by atoms with Crippen molar-refractivity contribution in [2.75, 3.05) is 12.8 Å². The summed E-state index contributed by atoms with van der Waals surface area (Å²) in [5.74, 6) is 0. The second-order valence-electron chi connectivity index (χ2n) is 3.58. The Morgan fingerprint density at radius 2 is 2.42 bits per heavy atom. The van der Waals surface area contributed by atoms with Crippen molar-refractivity contribution in [2.24, 2.45) is 0 Å². The number of ether oxygens (including phenoxy) is 1. The van der Waals surface area contributed by atoms with E-state index in [1.807, 2.05) is 0 Å². The molecule has 3 nitrogen and oxygen atoms in total. The van der Waals surface area contributed by atoms with Crippen LogP contribution in [0.25, 0.3) is 0 Å². The van der Waals surface area contributed by atoms with Crippen molar-refractivity contribution < 1.29 is 9.53 Å². The standard InChI is InChI=1S/C8H15NO2S/c1-8(2,12-3)4-6-5-9-7(10)11-6/h6H,4-5H2,1-3H3,(H,9,10). The third-order valence-electron chi connectivity index (χ3n) is 2.02. The Labute approximate surface area is 77.2 Å². The first kappa shape index (κ1) is 9.71. The molecule has 1 amide bonds. The molecule has 0 aromatic heterocycles. The van der Waals surface area contributed by atoms with E-state index in [2.05, 4.69) is 25.4 Å². The SMILES string of the molecule is CSC(C)(C)CC1CNC(=O)O1. The van der Waals surface area contributed by atoms with Gasteiger partial charge < -0.3 is 10.1 Å². The van der Waals surface area contributed by atoms with Crippen LogP contribution in [0.4, 0.5) is 4.79 Å². The average Bonchev–Trinajstić information content (AvgIpc) is 2.35. The quantitative estimate of drug-likeness (QED) is 0.733. The zero-order chi connectivity index (χ0) is 9.19. The summed E-state index contributed by atoms with van der Waals surface area (Å²) >= 11 is 1.80. The predicted molar refractivity (Wildman–Crippen MR) is 50.5 cm³/mol. The molecule has 1 saturated heterocycles. The maximum atomic E-state index is 10.7. The Hall–Kier alpha value is -0.380. The number of carbonyl (C=O) groups is 1. The molecular weight excluding hydrogens is 174 g/mol. The summed E-state index contributed by atoms with van der Waals surface area (Å²) in [4.78, 5) is 10.7. The molecule has 12 heavy (non-hydrogen) atoms. The van der Waals surface area contributed by atoms with E-state index >= 15 is 0 Å². The zero-order valence-electron chi connectivity index (χ0n) is 7.72. The van der Waals surface area contributed by atoms with Crippen LogP contribution in [-0.4, -0.2) is 29.7 Å². The van der Waals surface area contributed by atoms with Gasteiger partial charge in [0, 0.05) is 11.2 Å². The summed E-state index contributed by atoms with van der Waals surface area (Å²) in [5, 5.41) is 2.65. The van der Waals surface area contributed by atoms with Crippen LogP contribution in [0.1, 0.15) is 20.3 Å². The summed E-state index contributed by atoms with van der Waals surface area (Å²) in [6.45, 7) is 4.97. The van der Waals surface area contributed by atoms with Gasteiger partial charge in [0.1, 0.15) is 6.10 Å². The van der Waals surface area contributed by atoms with Gasteiger partial charge in [0.2, 0.25) is 0 Å². The third-order valence-corrected chi connectivity index (χ3v) is 3.29. The van der Waals surface area contributed by atoms with Crippen molar-refractivity contribution in [3.63, 3.8) is 0 Å². The van der Waals surface area contributed by atoms with E-state index in [-0.39, 0.29) is 16.9 Å². The molecule has 0 aromatic carbocycles. The molecule has 0 saturated carbocycles. The molecule has 0 radical (unpaired) electrons. The van der Waals surface area contributed by atoms with E-state index in [1.54, 1.807) is 11.8 Å². The van der Waals surface area contributed by atoms with E-state index in [1.165, 1.54) is 0 Å². The van der Waals surface area contributed by atoms with Crippen molar-refractivity contribution in [3.05, 3.63) is 0 Å². The fourth-order valence-electron chi connectivity index (χ4n) is 1.18.